The van der Waals surface area contributed by atoms with E-state index in [9.17, 15) is 0 Å². The Hall–Kier alpha value is -0.860. The third-order valence-corrected chi connectivity index (χ3v) is 3.74. The number of hydrogen-bond acceptors (Lipinski definition) is 2. The van der Waals surface area contributed by atoms with Gasteiger partial charge in [0.15, 0.2) is 0 Å². The van der Waals surface area contributed by atoms with E-state index in [1.165, 1.54) is 24.0 Å². The first-order valence-electron chi connectivity index (χ1n) is 7.15. The number of fused-ring (bicyclic) bond motifs is 1. The zero-order valence-corrected chi connectivity index (χ0v) is 11.8. The van der Waals surface area contributed by atoms with Crippen LogP contribution in [-0.2, 0) is 11.2 Å². The Kier molecular flexibility index (Phi) is 4.79. The Bertz CT molecular complexity index is 375. The molecule has 2 nitrogen and oxygen atoms in total. The summed E-state index contributed by atoms with van der Waals surface area (Å²) in [6.45, 7) is 8.19. The maximum Gasteiger partial charge on any atom is 0.0629 e. The van der Waals surface area contributed by atoms with Crippen molar-refractivity contribution in [2.24, 2.45) is 0 Å². The molecule has 0 spiro atoms. The van der Waals surface area contributed by atoms with Gasteiger partial charge in [-0.2, -0.15) is 0 Å². The molecule has 100 valence electrons. The van der Waals surface area contributed by atoms with Crippen molar-refractivity contribution in [2.45, 2.75) is 51.7 Å². The standard InChI is InChI=1S/C16H25NO/c1-4-17-16(11-18-12(2)3)15-10-9-13-7-5-6-8-14(13)15/h5-8,12,15-17H,4,9-11H2,1-3H3. The van der Waals surface area contributed by atoms with E-state index in [1.807, 2.05) is 0 Å². The molecule has 2 rings (SSSR count). The molecule has 18 heavy (non-hydrogen) atoms. The van der Waals surface area contributed by atoms with E-state index in [-0.39, 0.29) is 0 Å². The molecule has 1 aromatic rings. The van der Waals surface area contributed by atoms with Crippen LogP contribution < -0.4 is 5.32 Å². The van der Waals surface area contributed by atoms with Crippen molar-refractivity contribution >= 4 is 0 Å². The number of nitrogens with one attached hydrogen (secondary N) is 1. The fourth-order valence-corrected chi connectivity index (χ4v) is 2.88. The van der Waals surface area contributed by atoms with Crippen LogP contribution in [0.25, 0.3) is 0 Å². The molecule has 0 saturated carbocycles. The van der Waals surface area contributed by atoms with Crippen LogP contribution in [0.1, 0.15) is 44.2 Å². The van der Waals surface area contributed by atoms with Gasteiger partial charge in [0.2, 0.25) is 0 Å². The molecule has 0 heterocycles. The summed E-state index contributed by atoms with van der Waals surface area (Å²) in [6.07, 6.45) is 2.77. The zero-order chi connectivity index (χ0) is 13.0. The van der Waals surface area contributed by atoms with Crippen molar-refractivity contribution in [3.05, 3.63) is 35.4 Å². The van der Waals surface area contributed by atoms with Crippen molar-refractivity contribution in [2.75, 3.05) is 13.2 Å². The summed E-state index contributed by atoms with van der Waals surface area (Å²) < 4.78 is 5.82. The average Bonchev–Trinajstić information content (AvgIpc) is 2.78. The summed E-state index contributed by atoms with van der Waals surface area (Å²) in [5.74, 6) is 0.611. The van der Waals surface area contributed by atoms with Crippen molar-refractivity contribution in [1.29, 1.82) is 0 Å². The Balaban J connectivity index is 2.07. The summed E-state index contributed by atoms with van der Waals surface area (Å²) >= 11 is 0. The van der Waals surface area contributed by atoms with Crippen molar-refractivity contribution in [3.8, 4) is 0 Å². The van der Waals surface area contributed by atoms with E-state index in [4.69, 9.17) is 4.74 Å². The highest BCUT2D eigenvalue weighted by Crippen LogP contribution is 2.35. The van der Waals surface area contributed by atoms with Crippen LogP contribution in [0.15, 0.2) is 24.3 Å². The van der Waals surface area contributed by atoms with Crippen LogP contribution in [0, 0.1) is 0 Å². The molecule has 0 saturated heterocycles. The summed E-state index contributed by atoms with van der Waals surface area (Å²) in [6, 6.07) is 9.30. The Morgan fingerprint density at radius 1 is 1.33 bits per heavy atom. The lowest BCUT2D eigenvalue weighted by molar-refractivity contribution is 0.0559. The van der Waals surface area contributed by atoms with Crippen LogP contribution in [0.5, 0.6) is 0 Å². The first-order chi connectivity index (χ1) is 8.72. The minimum Gasteiger partial charge on any atom is -0.377 e. The highest BCUT2D eigenvalue weighted by molar-refractivity contribution is 5.36. The number of hydrogen-bond donors (Lipinski definition) is 1. The van der Waals surface area contributed by atoms with Gasteiger partial charge in [-0.15, -0.1) is 0 Å². The fraction of sp³-hybridized carbons (Fsp3) is 0.625. The highest BCUT2D eigenvalue weighted by Gasteiger charge is 2.29. The Morgan fingerprint density at radius 3 is 2.83 bits per heavy atom. The maximum absolute atomic E-state index is 5.82. The molecule has 0 aliphatic heterocycles. The normalized spacial score (nSPS) is 20.1. The molecule has 0 aromatic heterocycles. The van der Waals surface area contributed by atoms with Gasteiger partial charge in [-0.05, 0) is 44.4 Å². The van der Waals surface area contributed by atoms with E-state index in [2.05, 4.69) is 50.4 Å². The minimum atomic E-state index is 0.308. The molecular formula is C16H25NO. The van der Waals surface area contributed by atoms with Gasteiger partial charge in [-0.1, -0.05) is 31.2 Å². The third-order valence-electron chi connectivity index (χ3n) is 3.74. The first kappa shape index (κ1) is 13.6. The highest BCUT2D eigenvalue weighted by atomic mass is 16.5. The van der Waals surface area contributed by atoms with E-state index in [0.717, 1.165) is 13.2 Å². The molecule has 1 N–H and O–H groups in total. The average molecular weight is 247 g/mol. The molecule has 2 unspecified atom stereocenters. The van der Waals surface area contributed by atoms with E-state index in [1.54, 1.807) is 0 Å². The lowest BCUT2D eigenvalue weighted by Gasteiger charge is -2.26. The molecule has 0 amide bonds. The van der Waals surface area contributed by atoms with Crippen LogP contribution in [-0.4, -0.2) is 25.3 Å². The van der Waals surface area contributed by atoms with Gasteiger partial charge in [-0.25, -0.2) is 0 Å². The summed E-state index contributed by atoms with van der Waals surface area (Å²) in [5, 5.41) is 3.60. The van der Waals surface area contributed by atoms with Crippen LogP contribution in [0.2, 0.25) is 0 Å². The second-order valence-corrected chi connectivity index (χ2v) is 5.39. The SMILES string of the molecule is CCNC(COC(C)C)C1CCc2ccccc21. The predicted octanol–water partition coefficient (Wildman–Crippen LogP) is 3.12. The third kappa shape index (κ3) is 3.12. The molecule has 0 radical (unpaired) electrons. The summed E-state index contributed by atoms with van der Waals surface area (Å²) in [7, 11) is 0. The quantitative estimate of drug-likeness (QED) is 0.834. The number of ether oxygens (including phenoxy) is 1. The first-order valence-corrected chi connectivity index (χ1v) is 7.15. The molecule has 1 aromatic carbocycles. The Labute approximate surface area is 111 Å². The molecule has 1 aliphatic carbocycles. The largest absolute Gasteiger partial charge is 0.377 e. The molecule has 2 heteroatoms. The van der Waals surface area contributed by atoms with Crippen molar-refractivity contribution < 1.29 is 4.74 Å². The van der Waals surface area contributed by atoms with E-state index >= 15 is 0 Å². The second-order valence-electron chi connectivity index (χ2n) is 5.39. The molecule has 0 bridgehead atoms. The van der Waals surface area contributed by atoms with Crippen molar-refractivity contribution in [1.82, 2.24) is 5.32 Å². The van der Waals surface area contributed by atoms with Gasteiger partial charge < -0.3 is 10.1 Å². The minimum absolute atomic E-state index is 0.308. The maximum atomic E-state index is 5.82. The number of rotatable bonds is 6. The van der Waals surface area contributed by atoms with Gasteiger partial charge >= 0.3 is 0 Å². The van der Waals surface area contributed by atoms with Crippen molar-refractivity contribution in [3.63, 3.8) is 0 Å². The van der Waals surface area contributed by atoms with Gasteiger partial charge in [0.1, 0.15) is 0 Å². The van der Waals surface area contributed by atoms with Gasteiger partial charge in [0.05, 0.1) is 12.7 Å². The van der Waals surface area contributed by atoms with Gasteiger partial charge in [0, 0.05) is 12.0 Å². The summed E-state index contributed by atoms with van der Waals surface area (Å²) in [4.78, 5) is 0. The fourth-order valence-electron chi connectivity index (χ4n) is 2.88. The van der Waals surface area contributed by atoms with Crippen LogP contribution >= 0.6 is 0 Å². The predicted molar refractivity (Wildman–Crippen MR) is 76.1 cm³/mol. The second kappa shape index (κ2) is 6.35. The topological polar surface area (TPSA) is 21.3 Å². The molecule has 2 atom stereocenters. The van der Waals surface area contributed by atoms with Crippen LogP contribution in [0.4, 0.5) is 0 Å². The molecular weight excluding hydrogens is 222 g/mol. The number of aryl methyl sites for hydroxylation is 1. The lowest BCUT2D eigenvalue weighted by Crippen LogP contribution is -2.38. The smallest absolute Gasteiger partial charge is 0.0629 e. The number of benzene rings is 1. The van der Waals surface area contributed by atoms with E-state index in [0.29, 0.717) is 18.1 Å². The zero-order valence-electron chi connectivity index (χ0n) is 11.8. The summed E-state index contributed by atoms with van der Waals surface area (Å²) in [5.41, 5.74) is 3.05. The van der Waals surface area contributed by atoms with E-state index < -0.39 is 0 Å². The lowest BCUT2D eigenvalue weighted by atomic mass is 9.93. The van der Waals surface area contributed by atoms with Gasteiger partial charge in [0.25, 0.3) is 0 Å². The monoisotopic (exact) mass is 247 g/mol. The van der Waals surface area contributed by atoms with Gasteiger partial charge in [-0.3, -0.25) is 0 Å². The Morgan fingerprint density at radius 2 is 2.11 bits per heavy atom. The number of likely N-dealkylation sites (N-methyl/N-ethyl adjacent to an activating group) is 1. The van der Waals surface area contributed by atoms with Crippen LogP contribution in [0.3, 0.4) is 0 Å². The molecule has 0 fully saturated rings. The molecule has 1 aliphatic rings.